The first-order valence-electron chi connectivity index (χ1n) is 6.01. The molecule has 4 heteroatoms. The van der Waals surface area contributed by atoms with Gasteiger partial charge in [0.2, 0.25) is 0 Å². The molecule has 0 aromatic carbocycles. The van der Waals surface area contributed by atoms with E-state index in [0.29, 0.717) is 11.2 Å². The molecule has 1 aromatic rings. The van der Waals surface area contributed by atoms with Gasteiger partial charge in [0, 0.05) is 12.6 Å². The maximum Gasteiger partial charge on any atom is 0.151 e. The van der Waals surface area contributed by atoms with Gasteiger partial charge in [0.25, 0.3) is 0 Å². The predicted octanol–water partition coefficient (Wildman–Crippen LogP) is 2.89. The van der Waals surface area contributed by atoms with Crippen LogP contribution in [-0.2, 0) is 6.54 Å². The molecule has 1 saturated heterocycles. The molecule has 0 saturated carbocycles. The van der Waals surface area contributed by atoms with Crippen LogP contribution in [0.15, 0.2) is 12.1 Å². The predicted molar refractivity (Wildman–Crippen MR) is 65.4 cm³/mol. The number of hydrogen-bond acceptors (Lipinski definition) is 3. The highest BCUT2D eigenvalue weighted by atomic mass is 35.5. The summed E-state index contributed by atoms with van der Waals surface area (Å²) >= 11 is 5.72. The summed E-state index contributed by atoms with van der Waals surface area (Å²) in [6.45, 7) is 4.35. The Hall–Kier alpha value is -0.670. The van der Waals surface area contributed by atoms with Crippen molar-refractivity contribution in [3.8, 4) is 0 Å². The lowest BCUT2D eigenvalue weighted by Crippen LogP contribution is -2.38. The summed E-state index contributed by atoms with van der Waals surface area (Å²) in [4.78, 5) is 2.52. The molecule has 0 amide bonds. The number of hydrogen-bond donors (Lipinski definition) is 0. The van der Waals surface area contributed by atoms with Gasteiger partial charge in [-0.25, -0.2) is 0 Å². The summed E-state index contributed by atoms with van der Waals surface area (Å²) in [7, 11) is 0. The maximum absolute atomic E-state index is 5.72. The van der Waals surface area contributed by atoms with Gasteiger partial charge >= 0.3 is 0 Å². The third kappa shape index (κ3) is 2.92. The molecule has 1 unspecified atom stereocenters. The average molecular weight is 240 g/mol. The fourth-order valence-corrected chi connectivity index (χ4v) is 2.47. The topological polar surface area (TPSA) is 29.0 Å². The Morgan fingerprint density at radius 3 is 2.94 bits per heavy atom. The van der Waals surface area contributed by atoms with Gasteiger partial charge in [-0.3, -0.25) is 4.90 Å². The molecule has 2 heterocycles. The van der Waals surface area contributed by atoms with Crippen LogP contribution in [0, 0.1) is 0 Å². The van der Waals surface area contributed by atoms with Crippen molar-refractivity contribution in [1.29, 1.82) is 0 Å². The van der Waals surface area contributed by atoms with E-state index in [0.717, 1.165) is 12.2 Å². The van der Waals surface area contributed by atoms with Gasteiger partial charge in [0.15, 0.2) is 5.15 Å². The number of nitrogens with zero attached hydrogens (tertiary/aromatic N) is 3. The lowest BCUT2D eigenvalue weighted by molar-refractivity contribution is 0.134. The zero-order valence-corrected chi connectivity index (χ0v) is 10.5. The van der Waals surface area contributed by atoms with Crippen LogP contribution in [0.2, 0.25) is 5.15 Å². The molecule has 1 aromatic heterocycles. The van der Waals surface area contributed by atoms with Crippen LogP contribution in [-0.4, -0.2) is 27.7 Å². The zero-order valence-electron chi connectivity index (χ0n) is 9.69. The minimum absolute atomic E-state index is 0.467. The highest BCUT2D eigenvalue weighted by Gasteiger charge is 2.20. The van der Waals surface area contributed by atoms with Gasteiger partial charge in [-0.2, -0.15) is 5.10 Å². The van der Waals surface area contributed by atoms with Crippen molar-refractivity contribution in [2.75, 3.05) is 6.54 Å². The summed E-state index contributed by atoms with van der Waals surface area (Å²) in [6, 6.07) is 4.50. The number of likely N-dealkylation sites (tertiary alicyclic amines) is 1. The van der Waals surface area contributed by atoms with Crippen molar-refractivity contribution in [3.05, 3.63) is 23.0 Å². The standard InChI is InChI=1S/C12H18ClN3/c1-2-11-5-3-4-8-16(11)9-10-6-7-12(13)15-14-10/h6-7,11H,2-5,8-9H2,1H3. The van der Waals surface area contributed by atoms with Gasteiger partial charge in [0.05, 0.1) is 5.69 Å². The Labute approximate surface area is 102 Å². The smallest absolute Gasteiger partial charge is 0.151 e. The van der Waals surface area contributed by atoms with Crippen molar-refractivity contribution in [3.63, 3.8) is 0 Å². The molecule has 1 aliphatic heterocycles. The molecule has 3 nitrogen and oxygen atoms in total. The molecule has 88 valence electrons. The van der Waals surface area contributed by atoms with Crippen molar-refractivity contribution >= 4 is 11.6 Å². The second-order valence-corrected chi connectivity index (χ2v) is 4.76. The van der Waals surface area contributed by atoms with E-state index in [-0.39, 0.29) is 0 Å². The second kappa shape index (κ2) is 5.60. The SMILES string of the molecule is CCC1CCCCN1Cc1ccc(Cl)nn1. The van der Waals surface area contributed by atoms with Crippen LogP contribution < -0.4 is 0 Å². The Morgan fingerprint density at radius 1 is 1.38 bits per heavy atom. The van der Waals surface area contributed by atoms with E-state index >= 15 is 0 Å². The first kappa shape index (κ1) is 11.8. The number of aromatic nitrogens is 2. The van der Waals surface area contributed by atoms with E-state index in [2.05, 4.69) is 22.0 Å². The number of rotatable bonds is 3. The van der Waals surface area contributed by atoms with Crippen LogP contribution in [0.4, 0.5) is 0 Å². The van der Waals surface area contributed by atoms with Crippen molar-refractivity contribution in [2.45, 2.75) is 45.2 Å². The molecular weight excluding hydrogens is 222 g/mol. The first-order chi connectivity index (χ1) is 7.79. The third-order valence-corrected chi connectivity index (χ3v) is 3.47. The lowest BCUT2D eigenvalue weighted by atomic mass is 10.00. The van der Waals surface area contributed by atoms with E-state index in [9.17, 15) is 0 Å². The van der Waals surface area contributed by atoms with E-state index in [1.807, 2.05) is 12.1 Å². The lowest BCUT2D eigenvalue weighted by Gasteiger charge is -2.34. The number of halogens is 1. The highest BCUT2D eigenvalue weighted by Crippen LogP contribution is 2.21. The van der Waals surface area contributed by atoms with Gasteiger partial charge < -0.3 is 0 Å². The maximum atomic E-state index is 5.72. The molecule has 16 heavy (non-hydrogen) atoms. The fourth-order valence-electron chi connectivity index (χ4n) is 2.37. The van der Waals surface area contributed by atoms with Gasteiger partial charge in [-0.05, 0) is 37.9 Å². The Balaban J connectivity index is 1.99. The largest absolute Gasteiger partial charge is 0.295 e. The molecule has 2 rings (SSSR count). The van der Waals surface area contributed by atoms with E-state index in [1.165, 1.54) is 32.2 Å². The summed E-state index contributed by atoms with van der Waals surface area (Å²) < 4.78 is 0. The summed E-state index contributed by atoms with van der Waals surface area (Å²) in [5, 5.41) is 8.47. The summed E-state index contributed by atoms with van der Waals surface area (Å²) in [6.07, 6.45) is 5.21. The van der Waals surface area contributed by atoms with E-state index in [4.69, 9.17) is 11.6 Å². The normalized spacial score (nSPS) is 22.2. The average Bonchev–Trinajstić information content (AvgIpc) is 2.33. The van der Waals surface area contributed by atoms with Gasteiger partial charge in [-0.15, -0.1) is 5.10 Å². The van der Waals surface area contributed by atoms with E-state index in [1.54, 1.807) is 0 Å². The van der Waals surface area contributed by atoms with Crippen LogP contribution in [0.1, 0.15) is 38.3 Å². The molecule has 0 spiro atoms. The molecule has 1 aliphatic rings. The minimum Gasteiger partial charge on any atom is -0.295 e. The molecular formula is C12H18ClN3. The van der Waals surface area contributed by atoms with Crippen LogP contribution >= 0.6 is 11.6 Å². The number of piperidine rings is 1. The van der Waals surface area contributed by atoms with Gasteiger partial charge in [-0.1, -0.05) is 24.9 Å². The molecule has 0 radical (unpaired) electrons. The Bertz CT molecular complexity index is 326. The highest BCUT2D eigenvalue weighted by molar-refractivity contribution is 6.29. The monoisotopic (exact) mass is 239 g/mol. The second-order valence-electron chi connectivity index (χ2n) is 4.38. The Kier molecular flexibility index (Phi) is 4.13. The van der Waals surface area contributed by atoms with Gasteiger partial charge in [0.1, 0.15) is 0 Å². The molecule has 0 aliphatic carbocycles. The molecule has 0 N–H and O–H groups in total. The minimum atomic E-state index is 0.467. The zero-order chi connectivity index (χ0) is 11.4. The van der Waals surface area contributed by atoms with Crippen molar-refractivity contribution in [1.82, 2.24) is 15.1 Å². The Morgan fingerprint density at radius 2 is 2.25 bits per heavy atom. The van der Waals surface area contributed by atoms with Crippen LogP contribution in [0.25, 0.3) is 0 Å². The molecule has 1 fully saturated rings. The first-order valence-corrected chi connectivity index (χ1v) is 6.39. The molecule has 0 bridgehead atoms. The molecule has 1 atom stereocenters. The van der Waals surface area contributed by atoms with Crippen LogP contribution in [0.5, 0.6) is 0 Å². The summed E-state index contributed by atoms with van der Waals surface area (Å²) in [5.74, 6) is 0. The summed E-state index contributed by atoms with van der Waals surface area (Å²) in [5.41, 5.74) is 1.02. The fraction of sp³-hybridized carbons (Fsp3) is 0.667. The quantitative estimate of drug-likeness (QED) is 0.812. The van der Waals surface area contributed by atoms with Crippen LogP contribution in [0.3, 0.4) is 0 Å². The van der Waals surface area contributed by atoms with Crippen molar-refractivity contribution < 1.29 is 0 Å². The van der Waals surface area contributed by atoms with Crippen molar-refractivity contribution in [2.24, 2.45) is 0 Å². The van der Waals surface area contributed by atoms with E-state index < -0.39 is 0 Å². The third-order valence-electron chi connectivity index (χ3n) is 3.27.